The number of carboxylic acids is 2. The van der Waals surface area contributed by atoms with Crippen LogP contribution in [0.4, 0.5) is 0 Å². The largest absolute Gasteiger partial charge is 0.481 e. The third-order valence-electron chi connectivity index (χ3n) is 1.53. The normalized spacial score (nSPS) is 8.92. The summed E-state index contributed by atoms with van der Waals surface area (Å²) >= 11 is 0. The molecule has 0 aliphatic heterocycles. The molecule has 0 aromatic rings. The van der Waals surface area contributed by atoms with Crippen LogP contribution in [0, 0.1) is 0 Å². The second-order valence-electron chi connectivity index (χ2n) is 2.70. The van der Waals surface area contributed by atoms with E-state index in [0.717, 1.165) is 12.8 Å². The van der Waals surface area contributed by atoms with Gasteiger partial charge in [-0.25, -0.2) is 0 Å². The second kappa shape index (κ2) is 9.84. The Balaban J connectivity index is 0. The Hall–Kier alpha value is -0.242. The molecule has 0 bridgehead atoms. The Morgan fingerprint density at radius 2 is 1.08 bits per heavy atom. The van der Waals surface area contributed by atoms with E-state index in [1.54, 1.807) is 0 Å². The average Bonchev–Trinajstić information content (AvgIpc) is 1.95. The van der Waals surface area contributed by atoms with Gasteiger partial charge in [0.1, 0.15) is 0 Å². The molecule has 0 aromatic heterocycles. The smallest absolute Gasteiger partial charge is 0.303 e. The van der Waals surface area contributed by atoms with Crippen molar-refractivity contribution in [2.75, 3.05) is 0 Å². The summed E-state index contributed by atoms with van der Waals surface area (Å²) in [6.07, 6.45) is 3.28. The molecule has 0 atom stereocenters. The molecule has 0 rings (SSSR count). The molecular weight excluding hydrogens is 282 g/mol. The summed E-state index contributed by atoms with van der Waals surface area (Å²) in [5, 5.41) is 16.5. The summed E-state index contributed by atoms with van der Waals surface area (Å²) in [5.41, 5.74) is 0. The van der Waals surface area contributed by atoms with Crippen LogP contribution in [0.3, 0.4) is 0 Å². The monoisotopic (exact) mass is 295 g/mol. The summed E-state index contributed by atoms with van der Waals surface area (Å²) < 4.78 is 0. The number of unbranched alkanes of at least 4 members (excludes halogenated alkanes) is 3. The molecule has 0 unspecified atom stereocenters. The fourth-order valence-electron chi connectivity index (χ4n) is 0.906. The van der Waals surface area contributed by atoms with Crippen molar-refractivity contribution in [1.29, 1.82) is 0 Å². The van der Waals surface area contributed by atoms with Crippen LogP contribution < -0.4 is 0 Å². The van der Waals surface area contributed by atoms with E-state index in [1.165, 1.54) is 0 Å². The molecule has 0 fully saturated rings. The first-order valence-corrected chi connectivity index (χ1v) is 4.06. The van der Waals surface area contributed by atoms with Crippen molar-refractivity contribution >= 4 is 36.4 Å². The molecule has 13 heavy (non-hydrogen) atoms. The van der Waals surface area contributed by atoms with Crippen molar-refractivity contribution in [1.82, 2.24) is 0 Å². The summed E-state index contributed by atoms with van der Waals surface area (Å²) in [7, 11) is 0. The average molecular weight is 296 g/mol. The van der Waals surface area contributed by atoms with Crippen molar-refractivity contribution in [3.63, 3.8) is 0 Å². The van der Waals surface area contributed by atoms with Gasteiger partial charge in [-0.05, 0) is 12.8 Å². The van der Waals surface area contributed by atoms with Crippen LogP contribution in [0.1, 0.15) is 38.5 Å². The minimum absolute atomic E-state index is 0. The van der Waals surface area contributed by atoms with Crippen LogP contribution in [0.5, 0.6) is 0 Å². The Morgan fingerprint density at radius 1 is 0.769 bits per heavy atom. The number of aliphatic carboxylic acids is 2. The topological polar surface area (TPSA) is 74.6 Å². The Kier molecular flexibility index (Phi) is 11.5. The third kappa shape index (κ3) is 14.6. The van der Waals surface area contributed by atoms with Gasteiger partial charge in [-0.1, -0.05) is 12.8 Å². The molecule has 0 spiro atoms. The van der Waals surface area contributed by atoms with Gasteiger partial charge in [0.25, 0.3) is 0 Å². The number of hydrogen-bond donors (Lipinski definition) is 2. The fourth-order valence-corrected chi connectivity index (χ4v) is 0.906. The Morgan fingerprint density at radius 3 is 1.31 bits per heavy atom. The molecular formula is C8H14O4Sb. The van der Waals surface area contributed by atoms with Crippen molar-refractivity contribution in [2.24, 2.45) is 0 Å². The van der Waals surface area contributed by atoms with Crippen molar-refractivity contribution < 1.29 is 19.8 Å². The number of hydrogen-bond acceptors (Lipinski definition) is 2. The van der Waals surface area contributed by atoms with Crippen LogP contribution in [0.25, 0.3) is 0 Å². The van der Waals surface area contributed by atoms with Crippen molar-refractivity contribution in [3.8, 4) is 0 Å². The zero-order valence-electron chi connectivity index (χ0n) is 7.40. The van der Waals surface area contributed by atoms with Gasteiger partial charge >= 0.3 is 11.9 Å². The van der Waals surface area contributed by atoms with Crippen LogP contribution in [0.15, 0.2) is 0 Å². The first-order valence-electron chi connectivity index (χ1n) is 4.06. The first kappa shape index (κ1) is 15.2. The molecule has 0 saturated carbocycles. The summed E-state index contributed by atoms with van der Waals surface area (Å²) in [6.45, 7) is 0. The van der Waals surface area contributed by atoms with E-state index in [2.05, 4.69) is 0 Å². The molecule has 0 aliphatic rings. The van der Waals surface area contributed by atoms with Gasteiger partial charge in [-0.3, -0.25) is 9.59 Å². The van der Waals surface area contributed by atoms with Gasteiger partial charge in [0.05, 0.1) is 0 Å². The standard InChI is InChI=1S/C8H14O4.Sb/c9-7(10)5-3-1-2-4-6-8(11)12;/h1-6H2,(H,9,10)(H,11,12);. The summed E-state index contributed by atoms with van der Waals surface area (Å²) in [6, 6.07) is 0. The van der Waals surface area contributed by atoms with E-state index in [1.807, 2.05) is 0 Å². The molecule has 4 nitrogen and oxygen atoms in total. The summed E-state index contributed by atoms with van der Waals surface area (Å²) in [5.74, 6) is -1.57. The van der Waals surface area contributed by atoms with Gasteiger partial charge in [-0.15, -0.1) is 0 Å². The molecule has 5 heteroatoms. The van der Waals surface area contributed by atoms with Gasteiger partial charge in [0.2, 0.25) is 0 Å². The number of rotatable bonds is 7. The first-order chi connectivity index (χ1) is 5.63. The van der Waals surface area contributed by atoms with E-state index in [-0.39, 0.29) is 37.3 Å². The van der Waals surface area contributed by atoms with Crippen LogP contribution in [0.2, 0.25) is 0 Å². The molecule has 0 amide bonds. The van der Waals surface area contributed by atoms with Gasteiger partial charge < -0.3 is 10.2 Å². The van der Waals surface area contributed by atoms with E-state index < -0.39 is 11.9 Å². The van der Waals surface area contributed by atoms with Gasteiger partial charge in [-0.2, -0.15) is 0 Å². The van der Waals surface area contributed by atoms with Crippen LogP contribution in [-0.4, -0.2) is 46.6 Å². The zero-order chi connectivity index (χ0) is 9.40. The molecule has 0 saturated heterocycles. The molecule has 75 valence electrons. The molecule has 2 N–H and O–H groups in total. The minimum Gasteiger partial charge on any atom is -0.481 e. The maximum absolute atomic E-state index is 10.0. The SMILES string of the molecule is O=C(O)CCCCCCC(=O)O.[Sb]. The Labute approximate surface area is 94.8 Å². The van der Waals surface area contributed by atoms with Gasteiger partial charge in [0.15, 0.2) is 0 Å². The molecule has 0 heterocycles. The Bertz CT molecular complexity index is 140. The quantitative estimate of drug-likeness (QED) is 0.545. The van der Waals surface area contributed by atoms with Crippen LogP contribution >= 0.6 is 0 Å². The maximum Gasteiger partial charge on any atom is 0.303 e. The van der Waals surface area contributed by atoms with Crippen molar-refractivity contribution in [3.05, 3.63) is 0 Å². The molecule has 0 aromatic carbocycles. The number of carbonyl (C=O) groups is 2. The van der Waals surface area contributed by atoms with E-state index in [0.29, 0.717) is 12.8 Å². The van der Waals surface area contributed by atoms with Crippen molar-refractivity contribution in [2.45, 2.75) is 38.5 Å². The third-order valence-corrected chi connectivity index (χ3v) is 1.53. The second-order valence-corrected chi connectivity index (χ2v) is 2.70. The van der Waals surface area contributed by atoms with E-state index in [4.69, 9.17) is 10.2 Å². The van der Waals surface area contributed by atoms with Gasteiger partial charge in [0, 0.05) is 37.3 Å². The fraction of sp³-hybridized carbons (Fsp3) is 0.750. The minimum atomic E-state index is -0.784. The predicted octanol–water partition coefficient (Wildman–Crippen LogP) is 1.12. The van der Waals surface area contributed by atoms with E-state index in [9.17, 15) is 9.59 Å². The number of carboxylic acid groups (broad SMARTS) is 2. The molecule has 0 aliphatic carbocycles. The summed E-state index contributed by atoms with van der Waals surface area (Å²) in [4.78, 5) is 20.1. The predicted molar refractivity (Wildman–Crippen MR) is 48.7 cm³/mol. The maximum atomic E-state index is 10.0. The molecule has 3 radical (unpaired) electrons. The van der Waals surface area contributed by atoms with Crippen LogP contribution in [-0.2, 0) is 9.59 Å². The van der Waals surface area contributed by atoms with E-state index >= 15 is 0 Å². The zero-order valence-corrected chi connectivity index (χ0v) is 9.95.